The van der Waals surface area contributed by atoms with Crippen molar-refractivity contribution in [3.8, 4) is 11.6 Å². The molecule has 0 aliphatic carbocycles. The molecule has 1 aliphatic heterocycles. The van der Waals surface area contributed by atoms with Gasteiger partial charge in [-0.1, -0.05) is 0 Å². The fourth-order valence-electron chi connectivity index (χ4n) is 2.89. The van der Waals surface area contributed by atoms with Crippen molar-refractivity contribution in [2.75, 3.05) is 5.32 Å². The Balaban J connectivity index is 1.63. The number of likely N-dealkylation sites (tertiary alicyclic amines) is 1. The molecule has 2 atom stereocenters. The lowest BCUT2D eigenvalue weighted by molar-refractivity contribution is 0.194. The minimum absolute atomic E-state index is 0.0660. The molecule has 1 aromatic carbocycles. The molecule has 1 fully saturated rings. The number of carbonyl (C=O) groups excluding carboxylic acids is 1. The number of ether oxygens (including phenoxy) is 1. The Morgan fingerprint density at radius 3 is 2.50 bits per heavy atom. The molecule has 6 nitrogen and oxygen atoms in total. The van der Waals surface area contributed by atoms with Crippen LogP contribution in [0.2, 0.25) is 5.28 Å². The maximum absolute atomic E-state index is 12.4. The molecule has 2 aromatic rings. The normalized spacial score (nSPS) is 20.0. The minimum Gasteiger partial charge on any atom is -0.439 e. The van der Waals surface area contributed by atoms with E-state index in [4.69, 9.17) is 16.3 Å². The zero-order valence-electron chi connectivity index (χ0n) is 13.6. The van der Waals surface area contributed by atoms with E-state index in [9.17, 15) is 4.79 Å². The van der Waals surface area contributed by atoms with Crippen LogP contribution in [-0.2, 0) is 0 Å². The summed E-state index contributed by atoms with van der Waals surface area (Å²) in [7, 11) is 0. The summed E-state index contributed by atoms with van der Waals surface area (Å²) >= 11 is 5.72. The Morgan fingerprint density at radius 1 is 1.21 bits per heavy atom. The number of halogens is 1. The van der Waals surface area contributed by atoms with E-state index in [1.165, 1.54) is 6.20 Å². The van der Waals surface area contributed by atoms with Crippen molar-refractivity contribution in [3.63, 3.8) is 0 Å². The Kier molecular flexibility index (Phi) is 4.85. The van der Waals surface area contributed by atoms with Gasteiger partial charge in [-0.25, -0.2) is 9.78 Å². The van der Waals surface area contributed by atoms with Gasteiger partial charge in [0.05, 0.1) is 0 Å². The van der Waals surface area contributed by atoms with Gasteiger partial charge in [0, 0.05) is 30.0 Å². The van der Waals surface area contributed by atoms with Gasteiger partial charge in [-0.15, -0.1) is 0 Å². The molecule has 2 amide bonds. The van der Waals surface area contributed by atoms with Crippen LogP contribution in [0.1, 0.15) is 26.7 Å². The van der Waals surface area contributed by atoms with E-state index in [0.717, 1.165) is 18.5 Å². The van der Waals surface area contributed by atoms with E-state index in [1.54, 1.807) is 30.3 Å². The van der Waals surface area contributed by atoms with Crippen LogP contribution in [0.3, 0.4) is 0 Å². The molecule has 3 rings (SSSR count). The van der Waals surface area contributed by atoms with Gasteiger partial charge in [-0.3, -0.25) is 0 Å². The second-order valence-corrected chi connectivity index (χ2v) is 6.24. The largest absolute Gasteiger partial charge is 0.439 e. The number of amides is 2. The Bertz CT molecular complexity index is 713. The van der Waals surface area contributed by atoms with Crippen LogP contribution in [0.5, 0.6) is 11.6 Å². The summed E-state index contributed by atoms with van der Waals surface area (Å²) in [6.45, 7) is 4.15. The molecule has 2 unspecified atom stereocenters. The zero-order valence-corrected chi connectivity index (χ0v) is 14.3. The smallest absolute Gasteiger partial charge is 0.322 e. The highest BCUT2D eigenvalue weighted by Crippen LogP contribution is 2.26. The number of rotatable bonds is 3. The Labute approximate surface area is 145 Å². The van der Waals surface area contributed by atoms with Crippen LogP contribution in [0.15, 0.2) is 36.5 Å². The fourth-order valence-corrected chi connectivity index (χ4v) is 3.03. The summed E-state index contributed by atoms with van der Waals surface area (Å²) in [6.07, 6.45) is 3.61. The van der Waals surface area contributed by atoms with Crippen molar-refractivity contribution in [2.45, 2.75) is 38.8 Å². The Morgan fingerprint density at radius 2 is 1.88 bits per heavy atom. The number of nitrogens with one attached hydrogen (secondary N) is 1. The topological polar surface area (TPSA) is 67.4 Å². The third-order valence-corrected chi connectivity index (χ3v) is 4.30. The standard InChI is InChI=1S/C17H19ClN4O2/c1-11-3-4-12(2)22(11)17(23)20-13-5-7-14(8-6-13)24-15-9-10-19-16(18)21-15/h5-12H,3-4H2,1-2H3,(H,20,23). The van der Waals surface area contributed by atoms with E-state index in [0.29, 0.717) is 11.6 Å². The number of hydrogen-bond donors (Lipinski definition) is 1. The molecule has 0 bridgehead atoms. The molecule has 1 aromatic heterocycles. The zero-order chi connectivity index (χ0) is 17.1. The first-order chi connectivity index (χ1) is 11.5. The quantitative estimate of drug-likeness (QED) is 0.840. The summed E-state index contributed by atoms with van der Waals surface area (Å²) in [5.41, 5.74) is 0.722. The van der Waals surface area contributed by atoms with E-state index in [-0.39, 0.29) is 23.4 Å². The molecule has 0 spiro atoms. The highest BCUT2D eigenvalue weighted by atomic mass is 35.5. The molecule has 1 aliphatic rings. The summed E-state index contributed by atoms with van der Waals surface area (Å²) in [5.74, 6) is 0.970. The van der Waals surface area contributed by atoms with Crippen molar-refractivity contribution in [1.82, 2.24) is 14.9 Å². The van der Waals surface area contributed by atoms with E-state index >= 15 is 0 Å². The van der Waals surface area contributed by atoms with Gasteiger partial charge in [0.2, 0.25) is 11.2 Å². The van der Waals surface area contributed by atoms with Crippen molar-refractivity contribution in [1.29, 1.82) is 0 Å². The predicted molar refractivity (Wildman–Crippen MR) is 92.6 cm³/mol. The summed E-state index contributed by atoms with van der Waals surface area (Å²) in [4.78, 5) is 22.1. The van der Waals surface area contributed by atoms with Gasteiger partial charge in [-0.05, 0) is 62.6 Å². The lowest BCUT2D eigenvalue weighted by Gasteiger charge is -2.26. The second kappa shape index (κ2) is 7.05. The van der Waals surface area contributed by atoms with Crippen molar-refractivity contribution < 1.29 is 9.53 Å². The van der Waals surface area contributed by atoms with Gasteiger partial charge < -0.3 is 15.0 Å². The molecule has 2 heterocycles. The molecule has 7 heteroatoms. The number of carbonyl (C=O) groups is 1. The lowest BCUT2D eigenvalue weighted by atomic mass is 10.2. The van der Waals surface area contributed by atoms with Gasteiger partial charge in [-0.2, -0.15) is 4.98 Å². The third-order valence-electron chi connectivity index (χ3n) is 4.12. The first-order valence-electron chi connectivity index (χ1n) is 7.88. The number of urea groups is 1. The highest BCUT2D eigenvalue weighted by molar-refractivity contribution is 6.28. The van der Waals surface area contributed by atoms with Crippen molar-refractivity contribution >= 4 is 23.3 Å². The van der Waals surface area contributed by atoms with Crippen LogP contribution in [0.25, 0.3) is 0 Å². The first kappa shape index (κ1) is 16.5. The average molecular weight is 347 g/mol. The molecule has 1 N–H and O–H groups in total. The molecule has 1 saturated heterocycles. The SMILES string of the molecule is CC1CCC(C)N1C(=O)Nc1ccc(Oc2ccnc(Cl)n2)cc1. The van der Waals surface area contributed by atoms with E-state index in [1.807, 2.05) is 4.90 Å². The summed E-state index contributed by atoms with van der Waals surface area (Å²) in [5, 5.41) is 3.06. The van der Waals surface area contributed by atoms with Gasteiger partial charge in [0.1, 0.15) is 5.75 Å². The van der Waals surface area contributed by atoms with Crippen LogP contribution in [0, 0.1) is 0 Å². The maximum Gasteiger partial charge on any atom is 0.322 e. The van der Waals surface area contributed by atoms with Crippen molar-refractivity contribution in [3.05, 3.63) is 41.8 Å². The number of nitrogens with zero attached hydrogens (tertiary/aromatic N) is 3. The number of aromatic nitrogens is 2. The van der Waals surface area contributed by atoms with E-state index in [2.05, 4.69) is 29.1 Å². The first-order valence-corrected chi connectivity index (χ1v) is 8.26. The van der Waals surface area contributed by atoms with Crippen LogP contribution < -0.4 is 10.1 Å². The molecule has 0 radical (unpaired) electrons. The predicted octanol–water partition coefficient (Wildman–Crippen LogP) is 4.33. The van der Waals surface area contributed by atoms with Crippen LogP contribution >= 0.6 is 11.6 Å². The van der Waals surface area contributed by atoms with Gasteiger partial charge >= 0.3 is 6.03 Å². The Hall–Kier alpha value is -2.34. The second-order valence-electron chi connectivity index (χ2n) is 5.90. The fraction of sp³-hybridized carbons (Fsp3) is 0.353. The van der Waals surface area contributed by atoms with Gasteiger partial charge in [0.15, 0.2) is 0 Å². The lowest BCUT2D eigenvalue weighted by Crippen LogP contribution is -2.41. The number of hydrogen-bond acceptors (Lipinski definition) is 4. The monoisotopic (exact) mass is 346 g/mol. The molecular weight excluding hydrogens is 328 g/mol. The highest BCUT2D eigenvalue weighted by Gasteiger charge is 2.31. The summed E-state index contributed by atoms with van der Waals surface area (Å²) < 4.78 is 5.59. The van der Waals surface area contributed by atoms with Crippen LogP contribution in [-0.4, -0.2) is 33.0 Å². The van der Waals surface area contributed by atoms with Crippen LogP contribution in [0.4, 0.5) is 10.5 Å². The average Bonchev–Trinajstić information content (AvgIpc) is 2.88. The maximum atomic E-state index is 12.4. The van der Waals surface area contributed by atoms with E-state index < -0.39 is 0 Å². The summed E-state index contributed by atoms with van der Waals surface area (Å²) in [6, 6.07) is 9.21. The molecule has 126 valence electrons. The molecule has 24 heavy (non-hydrogen) atoms. The number of benzene rings is 1. The van der Waals surface area contributed by atoms with Gasteiger partial charge in [0.25, 0.3) is 0 Å². The third kappa shape index (κ3) is 3.76. The van der Waals surface area contributed by atoms with Crippen molar-refractivity contribution in [2.24, 2.45) is 0 Å². The minimum atomic E-state index is -0.0660. The molecular formula is C17H19ClN4O2. The molecule has 0 saturated carbocycles. The number of anilines is 1.